The predicted molar refractivity (Wildman–Crippen MR) is 98.2 cm³/mol. The Labute approximate surface area is 148 Å². The van der Waals surface area contributed by atoms with Crippen LogP contribution in [0.5, 0.6) is 0 Å². The topological polar surface area (TPSA) is 84.0 Å². The summed E-state index contributed by atoms with van der Waals surface area (Å²) >= 11 is 5.91. The van der Waals surface area contributed by atoms with Gasteiger partial charge in [-0.1, -0.05) is 36.7 Å². The van der Waals surface area contributed by atoms with Gasteiger partial charge >= 0.3 is 5.69 Å². The van der Waals surface area contributed by atoms with Crippen LogP contribution in [0.25, 0.3) is 10.9 Å². The lowest BCUT2D eigenvalue weighted by Crippen LogP contribution is -2.42. The van der Waals surface area contributed by atoms with Crippen LogP contribution in [-0.2, 0) is 4.79 Å². The average Bonchev–Trinajstić information content (AvgIpc) is 2.58. The highest BCUT2D eigenvalue weighted by molar-refractivity contribution is 6.30. The third kappa shape index (κ3) is 3.34. The van der Waals surface area contributed by atoms with Crippen molar-refractivity contribution in [3.63, 3.8) is 0 Å². The molecule has 128 valence electrons. The normalized spacial score (nSPS) is 12.1. The van der Waals surface area contributed by atoms with Gasteiger partial charge in [0.15, 0.2) is 0 Å². The van der Waals surface area contributed by atoms with Crippen molar-refractivity contribution in [1.82, 2.24) is 9.55 Å². The zero-order valence-corrected chi connectivity index (χ0v) is 14.2. The first-order chi connectivity index (χ1) is 12.0. The molecule has 2 N–H and O–H groups in total. The number of anilines is 1. The van der Waals surface area contributed by atoms with E-state index in [9.17, 15) is 14.4 Å². The number of amides is 1. The van der Waals surface area contributed by atoms with Crippen molar-refractivity contribution in [3.05, 3.63) is 74.4 Å². The highest BCUT2D eigenvalue weighted by atomic mass is 35.5. The molecule has 3 aromatic rings. The molecule has 0 radical (unpaired) electrons. The number of para-hydroxylation sites is 1. The number of carbonyl (C=O) groups excluding carboxylic acids is 1. The Morgan fingerprint density at radius 2 is 1.96 bits per heavy atom. The van der Waals surface area contributed by atoms with Gasteiger partial charge in [-0.3, -0.25) is 9.59 Å². The minimum Gasteiger partial charge on any atom is -0.324 e. The summed E-state index contributed by atoms with van der Waals surface area (Å²) < 4.78 is 0.961. The molecule has 0 saturated heterocycles. The summed E-state index contributed by atoms with van der Waals surface area (Å²) in [5, 5.41) is 3.53. The number of fused-ring (bicyclic) bond motifs is 1. The zero-order chi connectivity index (χ0) is 18.0. The lowest BCUT2D eigenvalue weighted by atomic mass is 10.1. The highest BCUT2D eigenvalue weighted by Gasteiger charge is 2.23. The Balaban J connectivity index is 2.03. The van der Waals surface area contributed by atoms with Gasteiger partial charge in [-0.25, -0.2) is 9.36 Å². The number of carbonyl (C=O) groups is 1. The maximum Gasteiger partial charge on any atom is 0.329 e. The molecule has 0 aliphatic carbocycles. The van der Waals surface area contributed by atoms with Crippen LogP contribution in [0.1, 0.15) is 19.4 Å². The third-order valence-electron chi connectivity index (χ3n) is 3.93. The van der Waals surface area contributed by atoms with E-state index >= 15 is 0 Å². The third-order valence-corrected chi connectivity index (χ3v) is 4.16. The molecule has 7 heteroatoms. The first-order valence-electron chi connectivity index (χ1n) is 7.81. The molecule has 0 bridgehead atoms. The second-order valence-corrected chi connectivity index (χ2v) is 6.01. The molecule has 25 heavy (non-hydrogen) atoms. The van der Waals surface area contributed by atoms with Crippen LogP contribution in [0.2, 0.25) is 5.02 Å². The number of H-pyrrole nitrogens is 1. The van der Waals surface area contributed by atoms with E-state index in [1.54, 1.807) is 55.5 Å². The van der Waals surface area contributed by atoms with Gasteiger partial charge in [-0.15, -0.1) is 0 Å². The number of hydrogen-bond acceptors (Lipinski definition) is 3. The minimum absolute atomic E-state index is 0.285. The zero-order valence-electron chi connectivity index (χ0n) is 13.5. The maximum atomic E-state index is 12.7. The molecule has 3 rings (SSSR count). The maximum absolute atomic E-state index is 12.7. The molecule has 0 saturated carbocycles. The number of nitrogens with one attached hydrogen (secondary N) is 2. The fraction of sp³-hybridized carbons (Fsp3) is 0.167. The average molecular weight is 358 g/mol. The van der Waals surface area contributed by atoms with E-state index in [1.165, 1.54) is 0 Å². The molecule has 1 atom stereocenters. The van der Waals surface area contributed by atoms with E-state index < -0.39 is 23.2 Å². The number of benzene rings is 2. The van der Waals surface area contributed by atoms with Gasteiger partial charge < -0.3 is 10.3 Å². The largest absolute Gasteiger partial charge is 0.329 e. The summed E-state index contributed by atoms with van der Waals surface area (Å²) in [4.78, 5) is 40.4. The van der Waals surface area contributed by atoms with E-state index in [-0.39, 0.29) is 6.42 Å². The van der Waals surface area contributed by atoms with Crippen LogP contribution < -0.4 is 16.6 Å². The summed E-state index contributed by atoms with van der Waals surface area (Å²) in [5.41, 5.74) is -0.163. The van der Waals surface area contributed by atoms with Crippen LogP contribution in [0.3, 0.4) is 0 Å². The van der Waals surface area contributed by atoms with Crippen LogP contribution >= 0.6 is 11.6 Å². The monoisotopic (exact) mass is 357 g/mol. The Bertz CT molecular complexity index is 1060. The van der Waals surface area contributed by atoms with E-state index in [4.69, 9.17) is 11.6 Å². The SMILES string of the molecule is CC[C@@H](C(=O)Nc1cccc(Cl)c1)n1c(=O)[nH]c2ccccc2c1=O. The first kappa shape index (κ1) is 17.0. The van der Waals surface area contributed by atoms with Crippen molar-refractivity contribution in [2.45, 2.75) is 19.4 Å². The molecule has 0 spiro atoms. The number of aromatic nitrogens is 2. The second-order valence-electron chi connectivity index (χ2n) is 5.57. The Kier molecular flexibility index (Phi) is 4.72. The predicted octanol–water partition coefficient (Wildman–Crippen LogP) is 2.93. The number of rotatable bonds is 4. The fourth-order valence-corrected chi connectivity index (χ4v) is 2.93. The molecule has 0 aliphatic rings. The standard InChI is InChI=1S/C18H16ClN3O3/c1-2-15(16(23)20-12-7-5-6-11(19)10-12)22-17(24)13-8-3-4-9-14(13)21-18(22)25/h3-10,15H,2H2,1H3,(H,20,23)(H,21,25)/t15-/m0/s1. The fourth-order valence-electron chi connectivity index (χ4n) is 2.74. The van der Waals surface area contributed by atoms with Crippen molar-refractivity contribution in [2.75, 3.05) is 5.32 Å². The Hall–Kier alpha value is -2.86. The first-order valence-corrected chi connectivity index (χ1v) is 8.19. The molecule has 0 aliphatic heterocycles. The number of halogens is 1. The summed E-state index contributed by atoms with van der Waals surface area (Å²) in [6, 6.07) is 12.4. The highest BCUT2D eigenvalue weighted by Crippen LogP contribution is 2.17. The lowest BCUT2D eigenvalue weighted by Gasteiger charge is -2.17. The van der Waals surface area contributed by atoms with Gasteiger partial charge in [0.2, 0.25) is 5.91 Å². The van der Waals surface area contributed by atoms with E-state index in [2.05, 4.69) is 10.3 Å². The van der Waals surface area contributed by atoms with Gasteiger partial charge in [0.25, 0.3) is 5.56 Å². The lowest BCUT2D eigenvalue weighted by molar-refractivity contribution is -0.119. The smallest absolute Gasteiger partial charge is 0.324 e. The molecule has 1 aromatic heterocycles. The van der Waals surface area contributed by atoms with Gasteiger partial charge in [0.05, 0.1) is 10.9 Å². The van der Waals surface area contributed by atoms with Crippen LogP contribution in [-0.4, -0.2) is 15.5 Å². The number of hydrogen-bond donors (Lipinski definition) is 2. The van der Waals surface area contributed by atoms with Crippen molar-refractivity contribution in [3.8, 4) is 0 Å². The van der Waals surface area contributed by atoms with E-state index in [1.807, 2.05) is 0 Å². The molecule has 1 amide bonds. The number of aromatic amines is 1. The van der Waals surface area contributed by atoms with Crippen molar-refractivity contribution >= 4 is 34.1 Å². The summed E-state index contributed by atoms with van der Waals surface area (Å²) in [7, 11) is 0. The van der Waals surface area contributed by atoms with Gasteiger partial charge in [0.1, 0.15) is 6.04 Å². The molecule has 2 aromatic carbocycles. The van der Waals surface area contributed by atoms with E-state index in [0.717, 1.165) is 4.57 Å². The summed E-state index contributed by atoms with van der Waals surface area (Å²) in [6.07, 6.45) is 0.285. The summed E-state index contributed by atoms with van der Waals surface area (Å²) in [5.74, 6) is -0.451. The van der Waals surface area contributed by atoms with Gasteiger partial charge in [-0.05, 0) is 36.8 Å². The van der Waals surface area contributed by atoms with Crippen molar-refractivity contribution in [1.29, 1.82) is 0 Å². The van der Waals surface area contributed by atoms with E-state index in [0.29, 0.717) is 21.6 Å². The molecule has 0 fully saturated rings. The van der Waals surface area contributed by atoms with Crippen LogP contribution in [0, 0.1) is 0 Å². The molecular weight excluding hydrogens is 342 g/mol. The molecule has 6 nitrogen and oxygen atoms in total. The molecular formula is C18H16ClN3O3. The van der Waals surface area contributed by atoms with Crippen molar-refractivity contribution < 1.29 is 4.79 Å². The van der Waals surface area contributed by atoms with Gasteiger partial charge in [-0.2, -0.15) is 0 Å². The Morgan fingerprint density at radius 3 is 2.68 bits per heavy atom. The molecule has 1 heterocycles. The van der Waals surface area contributed by atoms with Crippen LogP contribution in [0.15, 0.2) is 58.1 Å². The Morgan fingerprint density at radius 1 is 1.20 bits per heavy atom. The van der Waals surface area contributed by atoms with Crippen molar-refractivity contribution in [2.24, 2.45) is 0 Å². The second kappa shape index (κ2) is 6.94. The van der Waals surface area contributed by atoms with Gasteiger partial charge in [0, 0.05) is 10.7 Å². The molecule has 0 unspecified atom stereocenters. The quantitative estimate of drug-likeness (QED) is 0.753. The summed E-state index contributed by atoms with van der Waals surface area (Å²) in [6.45, 7) is 1.74. The number of nitrogens with zero attached hydrogens (tertiary/aromatic N) is 1. The minimum atomic E-state index is -0.931. The van der Waals surface area contributed by atoms with Crippen LogP contribution in [0.4, 0.5) is 5.69 Å².